The Morgan fingerprint density at radius 2 is 2.26 bits per heavy atom. The summed E-state index contributed by atoms with van der Waals surface area (Å²) in [5.41, 5.74) is 1.31. The van der Waals surface area contributed by atoms with E-state index in [0.29, 0.717) is 25.6 Å². The molecular weight excluding hydrogens is 242 g/mol. The summed E-state index contributed by atoms with van der Waals surface area (Å²) in [6, 6.07) is 4.21. The van der Waals surface area contributed by atoms with E-state index in [4.69, 9.17) is 4.74 Å². The van der Waals surface area contributed by atoms with Crippen molar-refractivity contribution in [2.75, 3.05) is 32.8 Å². The predicted octanol–water partition coefficient (Wildman–Crippen LogP) is 0.456. The molecule has 0 bridgehead atoms. The fourth-order valence-electron chi connectivity index (χ4n) is 2.86. The highest BCUT2D eigenvalue weighted by Crippen LogP contribution is 2.15. The minimum Gasteiger partial charge on any atom is -0.378 e. The van der Waals surface area contributed by atoms with Crippen LogP contribution in [0.2, 0.25) is 0 Å². The highest BCUT2D eigenvalue weighted by molar-refractivity contribution is 5.76. The van der Waals surface area contributed by atoms with Crippen LogP contribution in [0.15, 0.2) is 18.3 Å². The molecule has 5 heteroatoms. The van der Waals surface area contributed by atoms with E-state index in [-0.39, 0.29) is 5.91 Å². The van der Waals surface area contributed by atoms with Gasteiger partial charge < -0.3 is 19.5 Å². The summed E-state index contributed by atoms with van der Waals surface area (Å²) in [4.78, 5) is 14.2. The highest BCUT2D eigenvalue weighted by Gasteiger charge is 2.23. The maximum absolute atomic E-state index is 12.3. The van der Waals surface area contributed by atoms with E-state index in [2.05, 4.69) is 28.2 Å². The Bertz CT molecular complexity index is 438. The van der Waals surface area contributed by atoms with Crippen molar-refractivity contribution in [2.45, 2.75) is 19.5 Å². The van der Waals surface area contributed by atoms with Crippen molar-refractivity contribution in [3.63, 3.8) is 0 Å². The van der Waals surface area contributed by atoms with Crippen molar-refractivity contribution in [1.82, 2.24) is 14.8 Å². The van der Waals surface area contributed by atoms with E-state index in [1.54, 1.807) is 0 Å². The van der Waals surface area contributed by atoms with Crippen molar-refractivity contribution in [2.24, 2.45) is 5.92 Å². The molecule has 0 aromatic carbocycles. The first-order chi connectivity index (χ1) is 9.33. The molecule has 19 heavy (non-hydrogen) atoms. The van der Waals surface area contributed by atoms with E-state index in [1.165, 1.54) is 5.69 Å². The molecule has 0 unspecified atom stereocenters. The number of rotatable bonds is 2. The number of nitrogens with one attached hydrogen (secondary N) is 1. The van der Waals surface area contributed by atoms with Crippen molar-refractivity contribution in [1.29, 1.82) is 0 Å². The molecule has 1 amide bonds. The van der Waals surface area contributed by atoms with Gasteiger partial charge in [0.25, 0.3) is 0 Å². The van der Waals surface area contributed by atoms with Crippen LogP contribution in [0.3, 0.4) is 0 Å². The van der Waals surface area contributed by atoms with Gasteiger partial charge in [0, 0.05) is 51.0 Å². The molecule has 1 aromatic rings. The molecule has 0 radical (unpaired) electrons. The molecule has 1 saturated heterocycles. The minimum atomic E-state index is 0.269. The van der Waals surface area contributed by atoms with E-state index < -0.39 is 0 Å². The van der Waals surface area contributed by atoms with E-state index in [1.807, 2.05) is 4.90 Å². The van der Waals surface area contributed by atoms with Gasteiger partial charge >= 0.3 is 0 Å². The number of aromatic nitrogens is 1. The second-order valence-corrected chi connectivity index (χ2v) is 5.35. The summed E-state index contributed by atoms with van der Waals surface area (Å²) in [7, 11) is 0. The van der Waals surface area contributed by atoms with Crippen LogP contribution >= 0.6 is 0 Å². The van der Waals surface area contributed by atoms with E-state index >= 15 is 0 Å². The first kappa shape index (κ1) is 12.7. The van der Waals surface area contributed by atoms with Gasteiger partial charge in [0.05, 0.1) is 13.2 Å². The molecule has 3 heterocycles. The summed E-state index contributed by atoms with van der Waals surface area (Å²) in [5.74, 6) is 0.648. The Kier molecular flexibility index (Phi) is 3.84. The van der Waals surface area contributed by atoms with Crippen LogP contribution in [0, 0.1) is 5.92 Å². The first-order valence-electron chi connectivity index (χ1n) is 7.03. The van der Waals surface area contributed by atoms with Crippen LogP contribution in [0.1, 0.15) is 12.1 Å². The molecule has 2 aliphatic heterocycles. The fraction of sp³-hybridized carbons (Fsp3) is 0.643. The molecule has 1 atom stereocenters. The molecule has 1 aromatic heterocycles. The second-order valence-electron chi connectivity index (χ2n) is 5.35. The van der Waals surface area contributed by atoms with E-state index in [9.17, 15) is 4.79 Å². The monoisotopic (exact) mass is 263 g/mol. The van der Waals surface area contributed by atoms with Gasteiger partial charge in [0.15, 0.2) is 0 Å². The third kappa shape index (κ3) is 2.98. The summed E-state index contributed by atoms with van der Waals surface area (Å²) in [6.45, 7) is 5.59. The minimum absolute atomic E-state index is 0.269. The quantitative estimate of drug-likeness (QED) is 0.843. The summed E-state index contributed by atoms with van der Waals surface area (Å²) >= 11 is 0. The SMILES string of the molecule is O=C(C[C@@H]1CNCc2cccn2C1)N1CCOCC1. The largest absolute Gasteiger partial charge is 0.378 e. The number of amides is 1. The Balaban J connectivity index is 1.59. The number of ether oxygens (including phenoxy) is 1. The fourth-order valence-corrected chi connectivity index (χ4v) is 2.86. The number of nitrogens with zero attached hydrogens (tertiary/aromatic N) is 2. The molecule has 0 saturated carbocycles. The summed E-state index contributed by atoms with van der Waals surface area (Å²) in [6.07, 6.45) is 2.74. The molecule has 0 spiro atoms. The molecule has 1 fully saturated rings. The van der Waals surface area contributed by atoms with Gasteiger partial charge in [-0.15, -0.1) is 0 Å². The van der Waals surface area contributed by atoms with Crippen molar-refractivity contribution >= 4 is 5.91 Å². The van der Waals surface area contributed by atoms with Gasteiger partial charge in [-0.1, -0.05) is 0 Å². The average Bonchev–Trinajstić information content (AvgIpc) is 2.79. The zero-order chi connectivity index (χ0) is 13.1. The Morgan fingerprint density at radius 3 is 3.11 bits per heavy atom. The van der Waals surface area contributed by atoms with Crippen LogP contribution in [0.4, 0.5) is 0 Å². The molecule has 104 valence electrons. The van der Waals surface area contributed by atoms with Gasteiger partial charge in [0.2, 0.25) is 5.91 Å². The molecule has 2 aliphatic rings. The number of morpholine rings is 1. The summed E-state index contributed by atoms with van der Waals surface area (Å²) < 4.78 is 7.55. The number of carbonyl (C=O) groups is 1. The first-order valence-corrected chi connectivity index (χ1v) is 7.03. The van der Waals surface area contributed by atoms with Crippen LogP contribution < -0.4 is 5.32 Å². The average molecular weight is 263 g/mol. The lowest BCUT2D eigenvalue weighted by Crippen LogP contribution is -2.42. The zero-order valence-corrected chi connectivity index (χ0v) is 11.2. The molecule has 5 nitrogen and oxygen atoms in total. The van der Waals surface area contributed by atoms with Crippen molar-refractivity contribution in [3.8, 4) is 0 Å². The number of fused-ring (bicyclic) bond motifs is 1. The third-order valence-corrected chi connectivity index (χ3v) is 3.94. The van der Waals surface area contributed by atoms with Crippen LogP contribution in [-0.4, -0.2) is 48.2 Å². The maximum Gasteiger partial charge on any atom is 0.223 e. The van der Waals surface area contributed by atoms with Crippen LogP contribution in [-0.2, 0) is 22.6 Å². The molecule has 0 aliphatic carbocycles. The standard InChI is InChI=1S/C14H21N3O2/c18-14(16-4-6-19-7-5-16)8-12-9-15-10-13-2-1-3-17(13)11-12/h1-3,12,15H,4-11H2/t12-/m1/s1. The van der Waals surface area contributed by atoms with Crippen LogP contribution in [0.5, 0.6) is 0 Å². The Morgan fingerprint density at radius 1 is 1.42 bits per heavy atom. The number of carbonyl (C=O) groups excluding carboxylic acids is 1. The molecule has 3 rings (SSSR count). The predicted molar refractivity (Wildman–Crippen MR) is 71.6 cm³/mol. The van der Waals surface area contributed by atoms with Gasteiger partial charge in [-0.25, -0.2) is 0 Å². The lowest BCUT2D eigenvalue weighted by molar-refractivity contribution is -0.136. The van der Waals surface area contributed by atoms with Gasteiger partial charge in [-0.3, -0.25) is 4.79 Å². The number of hydrogen-bond acceptors (Lipinski definition) is 3. The van der Waals surface area contributed by atoms with Crippen molar-refractivity contribution in [3.05, 3.63) is 24.0 Å². The van der Waals surface area contributed by atoms with E-state index in [0.717, 1.165) is 32.7 Å². The van der Waals surface area contributed by atoms with Gasteiger partial charge in [-0.05, 0) is 18.1 Å². The maximum atomic E-state index is 12.3. The Hall–Kier alpha value is -1.33. The Labute approximate surface area is 113 Å². The molecule has 1 N–H and O–H groups in total. The summed E-state index contributed by atoms with van der Waals surface area (Å²) in [5, 5.41) is 3.43. The smallest absolute Gasteiger partial charge is 0.223 e. The second kappa shape index (κ2) is 5.75. The van der Waals surface area contributed by atoms with Gasteiger partial charge in [0.1, 0.15) is 0 Å². The molecular formula is C14H21N3O2. The highest BCUT2D eigenvalue weighted by atomic mass is 16.5. The van der Waals surface area contributed by atoms with Crippen molar-refractivity contribution < 1.29 is 9.53 Å². The third-order valence-electron chi connectivity index (χ3n) is 3.94. The lowest BCUT2D eigenvalue weighted by Gasteiger charge is -2.28. The number of hydrogen-bond donors (Lipinski definition) is 1. The van der Waals surface area contributed by atoms with Crippen LogP contribution in [0.25, 0.3) is 0 Å². The van der Waals surface area contributed by atoms with Gasteiger partial charge in [-0.2, -0.15) is 0 Å². The topological polar surface area (TPSA) is 46.5 Å². The zero-order valence-electron chi connectivity index (χ0n) is 11.2. The normalized spacial score (nSPS) is 23.8. The lowest BCUT2D eigenvalue weighted by atomic mass is 10.0.